The van der Waals surface area contributed by atoms with Crippen LogP contribution >= 0.6 is 23.2 Å². The summed E-state index contributed by atoms with van der Waals surface area (Å²) in [6.45, 7) is 4.27. The van der Waals surface area contributed by atoms with Gasteiger partial charge in [-0.25, -0.2) is 9.97 Å². The van der Waals surface area contributed by atoms with E-state index in [1.165, 1.54) is 11.1 Å². The summed E-state index contributed by atoms with van der Waals surface area (Å²) in [4.78, 5) is 37.5. The van der Waals surface area contributed by atoms with Crippen molar-refractivity contribution in [2.45, 2.75) is 19.9 Å². The van der Waals surface area contributed by atoms with Crippen molar-refractivity contribution in [1.82, 2.24) is 19.8 Å². The molecule has 1 N–H and O–H groups in total. The second-order valence-corrected chi connectivity index (χ2v) is 8.20. The molecule has 1 aliphatic rings. The molecule has 0 unspecified atom stereocenters. The van der Waals surface area contributed by atoms with E-state index < -0.39 is 17.7 Å². The van der Waals surface area contributed by atoms with Crippen LogP contribution in [0.15, 0.2) is 30.0 Å². The summed E-state index contributed by atoms with van der Waals surface area (Å²) >= 11 is 12.3. The van der Waals surface area contributed by atoms with Crippen LogP contribution < -0.4 is 0 Å². The Kier molecular flexibility index (Phi) is 6.45. The molecule has 2 aromatic rings. The fourth-order valence-electron chi connectivity index (χ4n) is 3.41. The number of carbonyl (C=O) groups is 2. The Labute approximate surface area is 184 Å². The lowest BCUT2D eigenvalue weighted by Gasteiger charge is -2.26. The third-order valence-electron chi connectivity index (χ3n) is 4.94. The number of likely N-dealkylation sites (tertiary alicyclic amines) is 1. The molecule has 0 bridgehead atoms. The number of aromatic nitrogens is 2. The molecule has 0 radical (unpaired) electrons. The van der Waals surface area contributed by atoms with E-state index in [1.54, 1.807) is 32.0 Å². The van der Waals surface area contributed by atoms with Crippen LogP contribution in [0.4, 0.5) is 0 Å². The second-order valence-electron chi connectivity index (χ2n) is 7.39. The molecule has 1 saturated heterocycles. The third kappa shape index (κ3) is 4.19. The first kappa shape index (κ1) is 22.2. The molecule has 1 amide bonds. The zero-order valence-corrected chi connectivity index (χ0v) is 18.6. The van der Waals surface area contributed by atoms with Gasteiger partial charge in [0.25, 0.3) is 11.7 Å². The lowest BCUT2D eigenvalue weighted by Crippen LogP contribution is -2.35. The molecule has 1 aromatic heterocycles. The van der Waals surface area contributed by atoms with Gasteiger partial charge in [-0.15, -0.1) is 0 Å². The number of hydrogen-bond donors (Lipinski definition) is 1. The number of nitrogens with zero attached hydrogens (tertiary/aromatic N) is 4. The van der Waals surface area contributed by atoms with Gasteiger partial charge >= 0.3 is 0 Å². The number of likely N-dealkylation sites (N-methyl/N-ethyl adjacent to an activating group) is 1. The minimum atomic E-state index is -0.805. The van der Waals surface area contributed by atoms with Crippen molar-refractivity contribution in [1.29, 1.82) is 0 Å². The van der Waals surface area contributed by atoms with E-state index in [9.17, 15) is 14.7 Å². The first-order valence-electron chi connectivity index (χ1n) is 9.30. The van der Waals surface area contributed by atoms with Crippen LogP contribution in [0.5, 0.6) is 0 Å². The quantitative estimate of drug-likeness (QED) is 0.428. The van der Waals surface area contributed by atoms with Crippen molar-refractivity contribution in [2.24, 2.45) is 0 Å². The predicted molar refractivity (Wildman–Crippen MR) is 116 cm³/mol. The highest BCUT2D eigenvalue weighted by atomic mass is 35.5. The topological polar surface area (TPSA) is 86.6 Å². The minimum Gasteiger partial charge on any atom is -0.507 e. The number of hydrogen-bond acceptors (Lipinski definition) is 6. The van der Waals surface area contributed by atoms with Crippen LogP contribution in [0.2, 0.25) is 10.0 Å². The highest BCUT2D eigenvalue weighted by Gasteiger charge is 2.46. The molecule has 1 atom stereocenters. The SMILES string of the molecule is Cc1ncc(/C(O)=C2\C(=O)C(=O)N(CCN(C)C)[C@H]2c2ccc(Cl)c(Cl)c2)c(C)n1. The predicted octanol–water partition coefficient (Wildman–Crippen LogP) is 3.38. The molecule has 9 heteroatoms. The molecule has 2 heterocycles. The van der Waals surface area contributed by atoms with Crippen molar-refractivity contribution in [3.8, 4) is 0 Å². The lowest BCUT2D eigenvalue weighted by atomic mass is 9.95. The molecule has 0 spiro atoms. The summed E-state index contributed by atoms with van der Waals surface area (Å²) in [7, 11) is 3.75. The third-order valence-corrected chi connectivity index (χ3v) is 5.68. The largest absolute Gasteiger partial charge is 0.507 e. The fourth-order valence-corrected chi connectivity index (χ4v) is 3.71. The van der Waals surface area contributed by atoms with E-state index in [2.05, 4.69) is 9.97 Å². The first-order chi connectivity index (χ1) is 14.1. The zero-order chi connectivity index (χ0) is 22.2. The smallest absolute Gasteiger partial charge is 0.295 e. The molecule has 0 aliphatic carbocycles. The number of carbonyl (C=O) groups excluding carboxylic acids is 2. The Morgan fingerprint density at radius 1 is 1.20 bits per heavy atom. The Morgan fingerprint density at radius 3 is 2.50 bits per heavy atom. The molecular formula is C21H22Cl2N4O3. The number of rotatable bonds is 5. The summed E-state index contributed by atoms with van der Waals surface area (Å²) in [6, 6.07) is 4.10. The monoisotopic (exact) mass is 448 g/mol. The summed E-state index contributed by atoms with van der Waals surface area (Å²) in [5.41, 5.74) is 1.37. The Bertz CT molecular complexity index is 1050. The maximum atomic E-state index is 13.0. The number of aliphatic hydroxyl groups is 1. The second kappa shape index (κ2) is 8.71. The summed E-state index contributed by atoms with van der Waals surface area (Å²) in [6.07, 6.45) is 1.45. The Morgan fingerprint density at radius 2 is 1.90 bits per heavy atom. The van der Waals surface area contributed by atoms with Gasteiger partial charge in [0.05, 0.1) is 32.9 Å². The van der Waals surface area contributed by atoms with Gasteiger partial charge in [-0.2, -0.15) is 0 Å². The Hall–Kier alpha value is -2.48. The van der Waals surface area contributed by atoms with Crippen LogP contribution in [0.1, 0.15) is 28.7 Å². The lowest BCUT2D eigenvalue weighted by molar-refractivity contribution is -0.140. The number of aliphatic hydroxyl groups excluding tert-OH is 1. The number of halogens is 2. The average Bonchev–Trinajstić information content (AvgIpc) is 2.92. The molecule has 7 nitrogen and oxygen atoms in total. The zero-order valence-electron chi connectivity index (χ0n) is 17.1. The van der Waals surface area contributed by atoms with Crippen LogP contribution in [-0.2, 0) is 9.59 Å². The van der Waals surface area contributed by atoms with Crippen molar-refractivity contribution in [3.63, 3.8) is 0 Å². The van der Waals surface area contributed by atoms with E-state index in [4.69, 9.17) is 23.2 Å². The van der Waals surface area contributed by atoms with E-state index in [0.29, 0.717) is 45.8 Å². The summed E-state index contributed by atoms with van der Waals surface area (Å²) in [5.74, 6) is -1.21. The minimum absolute atomic E-state index is 0.0206. The number of Topliss-reactive ketones (excluding diaryl/α,β-unsaturated/α-hetero) is 1. The van der Waals surface area contributed by atoms with Gasteiger partial charge in [0.1, 0.15) is 11.6 Å². The molecular weight excluding hydrogens is 427 g/mol. The van der Waals surface area contributed by atoms with Gasteiger partial charge in [-0.05, 0) is 45.6 Å². The van der Waals surface area contributed by atoms with Gasteiger partial charge in [0.15, 0.2) is 0 Å². The van der Waals surface area contributed by atoms with E-state index in [0.717, 1.165) is 0 Å². The van der Waals surface area contributed by atoms with Gasteiger partial charge in [0.2, 0.25) is 0 Å². The van der Waals surface area contributed by atoms with Crippen LogP contribution in [0.25, 0.3) is 5.76 Å². The van der Waals surface area contributed by atoms with Crippen molar-refractivity contribution in [3.05, 3.63) is 62.7 Å². The maximum absolute atomic E-state index is 13.0. The van der Waals surface area contributed by atoms with Crippen molar-refractivity contribution < 1.29 is 14.7 Å². The fraction of sp³-hybridized carbons (Fsp3) is 0.333. The highest BCUT2D eigenvalue weighted by Crippen LogP contribution is 2.41. The van der Waals surface area contributed by atoms with Crippen LogP contribution in [0, 0.1) is 13.8 Å². The number of ketones is 1. The van der Waals surface area contributed by atoms with E-state index in [1.807, 2.05) is 19.0 Å². The van der Waals surface area contributed by atoms with E-state index in [-0.39, 0.29) is 11.3 Å². The molecule has 0 saturated carbocycles. The highest BCUT2D eigenvalue weighted by molar-refractivity contribution is 6.46. The normalized spacial score (nSPS) is 18.5. The van der Waals surface area contributed by atoms with Gasteiger partial charge < -0.3 is 14.9 Å². The number of amides is 1. The van der Waals surface area contributed by atoms with E-state index >= 15 is 0 Å². The van der Waals surface area contributed by atoms with Gasteiger partial charge in [-0.3, -0.25) is 9.59 Å². The van der Waals surface area contributed by atoms with Crippen molar-refractivity contribution >= 4 is 40.7 Å². The first-order valence-corrected chi connectivity index (χ1v) is 10.1. The Balaban J connectivity index is 2.20. The van der Waals surface area contributed by atoms with Gasteiger partial charge in [-0.1, -0.05) is 29.3 Å². The molecule has 3 rings (SSSR count). The maximum Gasteiger partial charge on any atom is 0.295 e. The number of aryl methyl sites for hydroxylation is 2. The van der Waals surface area contributed by atoms with Crippen LogP contribution in [-0.4, -0.2) is 63.7 Å². The van der Waals surface area contributed by atoms with Crippen LogP contribution in [0.3, 0.4) is 0 Å². The number of benzene rings is 1. The summed E-state index contributed by atoms with van der Waals surface area (Å²) in [5, 5.41) is 11.7. The average molecular weight is 449 g/mol. The van der Waals surface area contributed by atoms with Crippen molar-refractivity contribution in [2.75, 3.05) is 27.2 Å². The molecule has 1 fully saturated rings. The van der Waals surface area contributed by atoms with Gasteiger partial charge in [0, 0.05) is 19.3 Å². The molecule has 1 aliphatic heterocycles. The standard InChI is InChI=1S/C21H22Cl2N4O3/c1-11-14(10-24-12(2)25-11)19(28)17-18(13-5-6-15(22)16(23)9-13)27(8-7-26(3)4)21(30)20(17)29/h5-6,9-10,18,28H,7-8H2,1-4H3/b19-17+/t18-/m0/s1. The molecule has 1 aromatic carbocycles. The molecule has 30 heavy (non-hydrogen) atoms. The molecule has 158 valence electrons. The summed E-state index contributed by atoms with van der Waals surface area (Å²) < 4.78 is 0.